The van der Waals surface area contributed by atoms with Crippen molar-refractivity contribution in [2.24, 2.45) is 0 Å². The average Bonchev–Trinajstić information content (AvgIpc) is 3.45. The maximum atomic E-state index is 15.9. The minimum Gasteiger partial charge on any atom is -0.487 e. The molecule has 4 heterocycles. The fourth-order valence-electron chi connectivity index (χ4n) is 6.39. The normalized spacial score (nSPS) is 21.1. The molecule has 230 valence electrons. The van der Waals surface area contributed by atoms with Gasteiger partial charge in [-0.2, -0.15) is 18.2 Å². The number of halogens is 4. The molecule has 43 heavy (non-hydrogen) atoms. The van der Waals surface area contributed by atoms with Crippen LogP contribution >= 0.6 is 0 Å². The number of methoxy groups -OCH3 is 1. The number of oxazole rings is 1. The van der Waals surface area contributed by atoms with E-state index in [1.54, 1.807) is 12.0 Å². The van der Waals surface area contributed by atoms with Crippen molar-refractivity contribution in [3.63, 3.8) is 0 Å². The first-order valence-electron chi connectivity index (χ1n) is 14.5. The van der Waals surface area contributed by atoms with E-state index in [-0.39, 0.29) is 36.1 Å². The Morgan fingerprint density at radius 3 is 2.47 bits per heavy atom. The average molecular weight is 603 g/mol. The van der Waals surface area contributed by atoms with Crippen molar-refractivity contribution in [3.05, 3.63) is 65.3 Å². The molecule has 2 atom stereocenters. The summed E-state index contributed by atoms with van der Waals surface area (Å²) in [6, 6.07) is 12.4. The Bertz CT molecular complexity index is 1460. The molecule has 2 bridgehead atoms. The predicted octanol–water partition coefficient (Wildman–Crippen LogP) is 6.50. The Morgan fingerprint density at radius 1 is 1.12 bits per heavy atom. The zero-order valence-corrected chi connectivity index (χ0v) is 24.0. The fourth-order valence-corrected chi connectivity index (χ4v) is 6.39. The second kappa shape index (κ2) is 11.4. The molecule has 1 aromatic heterocycles. The smallest absolute Gasteiger partial charge is 0.396 e. The van der Waals surface area contributed by atoms with E-state index >= 15 is 4.39 Å². The van der Waals surface area contributed by atoms with Gasteiger partial charge in [-0.05, 0) is 50.7 Å². The summed E-state index contributed by atoms with van der Waals surface area (Å²) in [4.78, 5) is 21.1. The lowest BCUT2D eigenvalue weighted by Gasteiger charge is -2.45. The van der Waals surface area contributed by atoms with Gasteiger partial charge in [0.2, 0.25) is 0 Å². The molecule has 2 aromatic carbocycles. The van der Waals surface area contributed by atoms with E-state index in [1.165, 1.54) is 12.1 Å². The zero-order chi connectivity index (χ0) is 30.4. The Morgan fingerprint density at radius 2 is 1.81 bits per heavy atom. The van der Waals surface area contributed by atoms with Crippen molar-refractivity contribution >= 4 is 23.3 Å². The molecule has 1 amide bonds. The number of alkyl halides is 3. The Balaban J connectivity index is 1.29. The quantitative estimate of drug-likeness (QED) is 0.280. The Kier molecular flexibility index (Phi) is 7.74. The number of aromatic nitrogens is 1. The molecular formula is C31H34F4N4O4. The lowest BCUT2D eigenvalue weighted by molar-refractivity contribution is -0.130. The van der Waals surface area contributed by atoms with Crippen molar-refractivity contribution in [2.75, 3.05) is 35.3 Å². The molecule has 8 nitrogen and oxygen atoms in total. The summed E-state index contributed by atoms with van der Waals surface area (Å²) in [5.41, 5.74) is 0.263. The molecule has 3 fully saturated rings. The molecule has 0 saturated carbocycles. The van der Waals surface area contributed by atoms with E-state index in [4.69, 9.17) is 13.9 Å². The number of anilines is 3. The van der Waals surface area contributed by atoms with Crippen LogP contribution in [0.2, 0.25) is 0 Å². The summed E-state index contributed by atoms with van der Waals surface area (Å²) < 4.78 is 73.1. The van der Waals surface area contributed by atoms with E-state index < -0.39 is 41.4 Å². The summed E-state index contributed by atoms with van der Waals surface area (Å²) in [5.74, 6) is -1.87. The number of carbonyl (C=O) groups is 1. The lowest BCUT2D eigenvalue weighted by Crippen LogP contribution is -2.61. The number of fused-ring (bicyclic) bond motifs is 2. The van der Waals surface area contributed by atoms with Crippen LogP contribution in [0.15, 0.2) is 46.9 Å². The highest BCUT2D eigenvalue weighted by Gasteiger charge is 2.43. The molecular weight excluding hydrogens is 568 g/mol. The molecule has 12 heteroatoms. The molecule has 1 N–H and O–H groups in total. The number of hydrogen-bond donors (Lipinski definition) is 1. The van der Waals surface area contributed by atoms with Crippen molar-refractivity contribution < 1.29 is 36.2 Å². The number of ether oxygens (including phenoxy) is 2. The van der Waals surface area contributed by atoms with Gasteiger partial charge < -0.3 is 29.0 Å². The van der Waals surface area contributed by atoms with Gasteiger partial charge in [0.1, 0.15) is 35.8 Å². The van der Waals surface area contributed by atoms with E-state index in [9.17, 15) is 18.0 Å². The number of rotatable bonds is 9. The third-order valence-electron chi connectivity index (χ3n) is 8.55. The lowest BCUT2D eigenvalue weighted by atomic mass is 9.97. The van der Waals surface area contributed by atoms with E-state index in [1.807, 2.05) is 37.3 Å². The minimum atomic E-state index is -4.64. The third-order valence-corrected chi connectivity index (χ3v) is 8.55. The number of nitrogens with one attached hydrogen (secondary N) is 1. The number of amides is 1. The predicted molar refractivity (Wildman–Crippen MR) is 152 cm³/mol. The first-order chi connectivity index (χ1) is 20.5. The van der Waals surface area contributed by atoms with Gasteiger partial charge in [-0.15, -0.1) is 0 Å². The SMILES string of the molecule is COC1(C)CN(c2nc(C(=O)Nc3cc(F)c(N4C5CCCC4CC5)c(OCc4ccccc4)c3)c(CC(F)(F)F)o2)C1. The summed E-state index contributed by atoms with van der Waals surface area (Å²) in [6.45, 7) is 2.70. The Hall–Kier alpha value is -3.80. The van der Waals surface area contributed by atoms with Gasteiger partial charge in [0.15, 0.2) is 11.5 Å². The Labute approximate surface area is 247 Å². The third kappa shape index (κ3) is 6.15. The monoisotopic (exact) mass is 602 g/mol. The number of piperidine rings is 1. The molecule has 0 spiro atoms. The van der Waals surface area contributed by atoms with Gasteiger partial charge in [-0.3, -0.25) is 4.79 Å². The molecule has 3 saturated heterocycles. The molecule has 0 radical (unpaired) electrons. The fraction of sp³-hybridized carbons (Fsp3) is 0.484. The number of benzene rings is 2. The van der Waals surface area contributed by atoms with Crippen LogP contribution in [0.5, 0.6) is 5.75 Å². The molecule has 3 aliphatic heterocycles. The van der Waals surface area contributed by atoms with Crippen LogP contribution in [-0.4, -0.2) is 55.0 Å². The van der Waals surface area contributed by atoms with E-state index in [0.29, 0.717) is 18.8 Å². The van der Waals surface area contributed by atoms with Crippen molar-refractivity contribution in [1.82, 2.24) is 4.98 Å². The highest BCUT2D eigenvalue weighted by Crippen LogP contribution is 2.45. The maximum absolute atomic E-state index is 15.9. The van der Waals surface area contributed by atoms with Crippen molar-refractivity contribution in [3.8, 4) is 5.75 Å². The van der Waals surface area contributed by atoms with Gasteiger partial charge in [0.25, 0.3) is 11.9 Å². The van der Waals surface area contributed by atoms with Crippen molar-refractivity contribution in [1.29, 1.82) is 0 Å². The second-order valence-electron chi connectivity index (χ2n) is 11.8. The van der Waals surface area contributed by atoms with Crippen molar-refractivity contribution in [2.45, 2.75) is 75.9 Å². The molecule has 3 aliphatic rings. The standard InChI is InChI=1S/C31H34F4N4O4/c1-30(41-2)17-38(18-30)29-37-26(25(43-29)15-31(33,34)35)28(40)36-20-13-23(32)27(39-21-9-6-10-22(39)12-11-21)24(14-20)42-16-19-7-4-3-5-8-19/h3-5,7-8,13-14,21-22H,6,9-12,15-18H2,1-2H3,(H,36,40). The molecule has 0 aliphatic carbocycles. The van der Waals surface area contributed by atoms with E-state index in [2.05, 4.69) is 15.2 Å². The number of nitrogens with zero attached hydrogens (tertiary/aromatic N) is 3. The van der Waals surface area contributed by atoms with E-state index in [0.717, 1.165) is 37.7 Å². The van der Waals surface area contributed by atoms with Crippen LogP contribution in [0.25, 0.3) is 0 Å². The number of hydrogen-bond acceptors (Lipinski definition) is 7. The first kappa shape index (κ1) is 29.3. The highest BCUT2D eigenvalue weighted by atomic mass is 19.4. The van der Waals surface area contributed by atoms with Gasteiger partial charge in [0, 0.05) is 30.9 Å². The molecule has 6 rings (SSSR count). The summed E-state index contributed by atoms with van der Waals surface area (Å²) in [6.07, 6.45) is -1.16. The van der Waals surface area contributed by atoms with Gasteiger partial charge in [0.05, 0.1) is 13.1 Å². The van der Waals surface area contributed by atoms with Crippen LogP contribution in [-0.2, 0) is 17.8 Å². The van der Waals surface area contributed by atoms with Crippen LogP contribution in [0.3, 0.4) is 0 Å². The summed E-state index contributed by atoms with van der Waals surface area (Å²) >= 11 is 0. The van der Waals surface area contributed by atoms with Crippen LogP contribution in [0, 0.1) is 5.82 Å². The first-order valence-corrected chi connectivity index (χ1v) is 14.5. The zero-order valence-electron chi connectivity index (χ0n) is 24.0. The van der Waals surface area contributed by atoms with Gasteiger partial charge in [-0.25, -0.2) is 4.39 Å². The topological polar surface area (TPSA) is 80.1 Å². The van der Waals surface area contributed by atoms with Crippen LogP contribution in [0.1, 0.15) is 60.8 Å². The molecule has 2 unspecified atom stereocenters. The minimum absolute atomic E-state index is 0.0390. The highest BCUT2D eigenvalue weighted by molar-refractivity contribution is 6.04. The van der Waals surface area contributed by atoms with Crippen LogP contribution in [0.4, 0.5) is 35.0 Å². The largest absolute Gasteiger partial charge is 0.487 e. The number of carbonyl (C=O) groups excluding carboxylic acids is 1. The van der Waals surface area contributed by atoms with Crippen LogP contribution < -0.4 is 19.9 Å². The maximum Gasteiger partial charge on any atom is 0.396 e. The van der Waals surface area contributed by atoms with Gasteiger partial charge in [-0.1, -0.05) is 30.3 Å². The second-order valence-corrected chi connectivity index (χ2v) is 11.8. The van der Waals surface area contributed by atoms with Gasteiger partial charge >= 0.3 is 6.18 Å². The molecule has 3 aromatic rings. The summed E-state index contributed by atoms with van der Waals surface area (Å²) in [5, 5.41) is 2.54. The summed E-state index contributed by atoms with van der Waals surface area (Å²) in [7, 11) is 1.54.